The minimum absolute atomic E-state index is 0.0780. The Labute approximate surface area is 193 Å². The molecule has 0 aliphatic rings. The molecule has 0 saturated carbocycles. The van der Waals surface area contributed by atoms with Crippen molar-refractivity contribution in [2.75, 3.05) is 24.7 Å². The third-order valence-electron chi connectivity index (χ3n) is 4.65. The molecule has 3 aromatic rings. The molecule has 0 saturated heterocycles. The van der Waals surface area contributed by atoms with E-state index in [0.717, 1.165) is 10.5 Å². The lowest BCUT2D eigenvalue weighted by atomic mass is 10.2. The van der Waals surface area contributed by atoms with E-state index in [2.05, 4.69) is 5.32 Å². The zero-order valence-electron chi connectivity index (χ0n) is 18.0. The van der Waals surface area contributed by atoms with Gasteiger partial charge in [-0.2, -0.15) is 4.31 Å². The predicted octanol–water partition coefficient (Wildman–Crippen LogP) is 4.64. The quantitative estimate of drug-likeness (QED) is 0.437. The van der Waals surface area contributed by atoms with E-state index in [0.29, 0.717) is 18.0 Å². The highest BCUT2D eigenvalue weighted by Gasteiger charge is 2.27. The van der Waals surface area contributed by atoms with Gasteiger partial charge in [0.15, 0.2) is 0 Å². The Morgan fingerprint density at radius 3 is 2.38 bits per heavy atom. The number of nitrogens with zero attached hydrogens (tertiary/aromatic N) is 1. The lowest BCUT2D eigenvalue weighted by molar-refractivity contribution is -0.116. The lowest BCUT2D eigenvalue weighted by Gasteiger charge is -2.22. The van der Waals surface area contributed by atoms with Crippen LogP contribution < -0.4 is 10.1 Å². The molecular weight excluding hydrogens is 444 g/mol. The first kappa shape index (κ1) is 23.8. The molecule has 0 aromatic heterocycles. The Balaban J connectivity index is 1.84. The number of ether oxygens (including phenoxy) is 1. The number of amides is 1. The van der Waals surface area contributed by atoms with Crippen molar-refractivity contribution in [2.45, 2.75) is 23.3 Å². The molecule has 0 atom stereocenters. The molecule has 8 heteroatoms. The summed E-state index contributed by atoms with van der Waals surface area (Å²) in [5.74, 6) is 0.182. The monoisotopic (exact) mass is 470 g/mol. The highest BCUT2D eigenvalue weighted by atomic mass is 32.2. The van der Waals surface area contributed by atoms with Crippen molar-refractivity contribution >= 4 is 33.4 Å². The van der Waals surface area contributed by atoms with Gasteiger partial charge in [0.25, 0.3) is 0 Å². The molecule has 0 spiro atoms. The van der Waals surface area contributed by atoms with Crippen molar-refractivity contribution in [3.63, 3.8) is 0 Å². The molecule has 0 radical (unpaired) electrons. The Kier molecular flexibility index (Phi) is 8.33. The van der Waals surface area contributed by atoms with Crippen LogP contribution in [0.4, 0.5) is 5.69 Å². The summed E-state index contributed by atoms with van der Waals surface area (Å²) in [6.07, 6.45) is 1.95. The van der Waals surface area contributed by atoms with Gasteiger partial charge < -0.3 is 10.1 Å². The van der Waals surface area contributed by atoms with Crippen molar-refractivity contribution in [2.24, 2.45) is 0 Å². The maximum atomic E-state index is 13.4. The molecule has 0 unspecified atom stereocenters. The molecule has 1 amide bonds. The minimum atomic E-state index is -3.92. The summed E-state index contributed by atoms with van der Waals surface area (Å²) in [4.78, 5) is 13.9. The molecule has 32 heavy (non-hydrogen) atoms. The van der Waals surface area contributed by atoms with Crippen LogP contribution in [0.15, 0.2) is 88.7 Å². The molecular formula is C24H26N2O4S2. The number of hydrogen-bond donors (Lipinski definition) is 1. The van der Waals surface area contributed by atoms with Crippen molar-refractivity contribution in [1.29, 1.82) is 0 Å². The highest BCUT2D eigenvalue weighted by molar-refractivity contribution is 7.98. The summed E-state index contributed by atoms with van der Waals surface area (Å²) in [5.41, 5.74) is 1.42. The summed E-state index contributed by atoms with van der Waals surface area (Å²) in [5, 5.41) is 2.80. The fourth-order valence-corrected chi connectivity index (χ4v) is 4.94. The van der Waals surface area contributed by atoms with Crippen LogP contribution in [0.25, 0.3) is 0 Å². The predicted molar refractivity (Wildman–Crippen MR) is 129 cm³/mol. The second-order valence-electron chi connectivity index (χ2n) is 6.94. The zero-order valence-corrected chi connectivity index (χ0v) is 19.7. The summed E-state index contributed by atoms with van der Waals surface area (Å²) in [7, 11) is -3.92. The molecule has 0 bridgehead atoms. The smallest absolute Gasteiger partial charge is 0.243 e. The van der Waals surface area contributed by atoms with Gasteiger partial charge in [-0.05, 0) is 61.2 Å². The van der Waals surface area contributed by atoms with Gasteiger partial charge in [0, 0.05) is 17.1 Å². The van der Waals surface area contributed by atoms with Crippen LogP contribution in [0.5, 0.6) is 5.75 Å². The average Bonchev–Trinajstić information content (AvgIpc) is 2.80. The van der Waals surface area contributed by atoms with E-state index in [1.54, 1.807) is 30.0 Å². The number of carbonyl (C=O) groups excluding carboxylic acids is 1. The van der Waals surface area contributed by atoms with Gasteiger partial charge in [-0.3, -0.25) is 4.79 Å². The molecule has 3 rings (SSSR count). The molecule has 0 aliphatic heterocycles. The molecule has 6 nitrogen and oxygen atoms in total. The van der Waals surface area contributed by atoms with Crippen LogP contribution in [-0.4, -0.2) is 38.0 Å². The van der Waals surface area contributed by atoms with Crippen LogP contribution in [0.1, 0.15) is 12.5 Å². The lowest BCUT2D eigenvalue weighted by Crippen LogP contribution is -2.37. The Hall–Kier alpha value is -2.81. The maximum absolute atomic E-state index is 13.4. The van der Waals surface area contributed by atoms with Crippen molar-refractivity contribution in [3.8, 4) is 5.75 Å². The summed E-state index contributed by atoms with van der Waals surface area (Å²) >= 11 is 1.56. The van der Waals surface area contributed by atoms with Gasteiger partial charge in [-0.15, -0.1) is 11.8 Å². The highest BCUT2D eigenvalue weighted by Crippen LogP contribution is 2.22. The molecule has 3 aromatic carbocycles. The van der Waals surface area contributed by atoms with E-state index in [1.165, 1.54) is 16.4 Å². The van der Waals surface area contributed by atoms with Gasteiger partial charge in [-0.1, -0.05) is 36.4 Å². The molecule has 0 heterocycles. The topological polar surface area (TPSA) is 75.7 Å². The van der Waals surface area contributed by atoms with Gasteiger partial charge in [-0.25, -0.2) is 8.42 Å². The maximum Gasteiger partial charge on any atom is 0.243 e. The third kappa shape index (κ3) is 6.35. The second-order valence-corrected chi connectivity index (χ2v) is 9.76. The Bertz CT molecular complexity index is 1130. The number of anilines is 1. The number of thioether (sulfide) groups is 1. The molecule has 0 fully saturated rings. The van der Waals surface area contributed by atoms with Crippen LogP contribution in [-0.2, 0) is 21.4 Å². The fraction of sp³-hybridized carbons (Fsp3) is 0.208. The Morgan fingerprint density at radius 2 is 1.72 bits per heavy atom. The number of hydrogen-bond acceptors (Lipinski definition) is 5. The van der Waals surface area contributed by atoms with Gasteiger partial charge >= 0.3 is 0 Å². The standard InChI is InChI=1S/C24H26N2O4S2/c1-3-30-21-12-14-23(15-13-21)32(28,29)26(17-19-8-5-4-6-9-19)18-24(27)25-20-10-7-11-22(16-20)31-2/h4-16H,3,17-18H2,1-2H3,(H,25,27). The number of nitrogens with one attached hydrogen (secondary N) is 1. The van der Waals surface area contributed by atoms with Gasteiger partial charge in [0.1, 0.15) is 5.75 Å². The Morgan fingerprint density at radius 1 is 1.00 bits per heavy atom. The summed E-state index contributed by atoms with van der Waals surface area (Å²) in [6, 6.07) is 22.9. The van der Waals surface area contributed by atoms with E-state index in [1.807, 2.05) is 61.7 Å². The van der Waals surface area contributed by atoms with Gasteiger partial charge in [0.2, 0.25) is 15.9 Å². The number of rotatable bonds is 10. The van der Waals surface area contributed by atoms with Crippen molar-refractivity contribution in [1.82, 2.24) is 4.31 Å². The van der Waals surface area contributed by atoms with Gasteiger partial charge in [0.05, 0.1) is 18.0 Å². The van der Waals surface area contributed by atoms with Crippen LogP contribution in [0.2, 0.25) is 0 Å². The van der Waals surface area contributed by atoms with Crippen LogP contribution in [0, 0.1) is 0 Å². The number of carbonyl (C=O) groups is 1. The first-order valence-corrected chi connectivity index (χ1v) is 12.8. The molecule has 0 aliphatic carbocycles. The minimum Gasteiger partial charge on any atom is -0.494 e. The number of benzene rings is 3. The fourth-order valence-electron chi connectivity index (χ4n) is 3.10. The SMILES string of the molecule is CCOc1ccc(S(=O)(=O)N(CC(=O)Nc2cccc(SC)c2)Cc2ccccc2)cc1. The van der Waals surface area contributed by atoms with E-state index in [-0.39, 0.29) is 18.0 Å². The van der Waals surface area contributed by atoms with E-state index in [9.17, 15) is 13.2 Å². The van der Waals surface area contributed by atoms with Crippen molar-refractivity contribution in [3.05, 3.63) is 84.4 Å². The summed E-state index contributed by atoms with van der Waals surface area (Å²) in [6.45, 7) is 2.12. The summed E-state index contributed by atoms with van der Waals surface area (Å²) < 4.78 is 33.4. The normalized spacial score (nSPS) is 11.3. The van der Waals surface area contributed by atoms with Crippen molar-refractivity contribution < 1.29 is 17.9 Å². The largest absolute Gasteiger partial charge is 0.494 e. The molecule has 1 N–H and O–H groups in total. The average molecular weight is 471 g/mol. The van der Waals surface area contributed by atoms with Crippen LogP contribution >= 0.6 is 11.8 Å². The van der Waals surface area contributed by atoms with E-state index in [4.69, 9.17) is 4.74 Å². The van der Waals surface area contributed by atoms with E-state index < -0.39 is 15.9 Å². The molecule has 168 valence electrons. The van der Waals surface area contributed by atoms with E-state index >= 15 is 0 Å². The zero-order chi connectivity index (χ0) is 23.0. The van der Waals surface area contributed by atoms with Crippen LogP contribution in [0.3, 0.4) is 0 Å². The third-order valence-corrected chi connectivity index (χ3v) is 7.18. The number of sulfonamides is 1. The first-order valence-electron chi connectivity index (χ1n) is 10.1. The second kappa shape index (κ2) is 11.2. The first-order chi connectivity index (χ1) is 15.4.